The molecule has 5 nitrogen and oxygen atoms in total. The molecule has 0 unspecified atom stereocenters. The van der Waals surface area contributed by atoms with Crippen molar-refractivity contribution in [1.82, 2.24) is 9.88 Å². The van der Waals surface area contributed by atoms with E-state index in [1.165, 1.54) is 0 Å². The Kier molecular flexibility index (Phi) is 4.69. The highest BCUT2D eigenvalue weighted by atomic mass is 16.2. The normalized spacial score (nSPS) is 13.5. The largest absolute Gasteiger partial charge is 0.372 e. The molecule has 0 fully saturated rings. The van der Waals surface area contributed by atoms with Crippen molar-refractivity contribution in [3.8, 4) is 0 Å². The van der Waals surface area contributed by atoms with E-state index < -0.39 is 0 Å². The first kappa shape index (κ1) is 16.3. The Morgan fingerprint density at radius 1 is 1.17 bits per heavy atom. The molecule has 0 bridgehead atoms. The quantitative estimate of drug-likeness (QED) is 0.939. The molecule has 1 N–H and O–H groups in total. The summed E-state index contributed by atoms with van der Waals surface area (Å²) < 4.78 is 0. The van der Waals surface area contributed by atoms with E-state index in [2.05, 4.69) is 23.7 Å². The molecule has 0 spiro atoms. The van der Waals surface area contributed by atoms with Gasteiger partial charge >= 0.3 is 0 Å². The summed E-state index contributed by atoms with van der Waals surface area (Å²) in [4.78, 5) is 30.9. The van der Waals surface area contributed by atoms with E-state index in [0.29, 0.717) is 18.7 Å². The lowest BCUT2D eigenvalue weighted by Gasteiger charge is -2.29. The van der Waals surface area contributed by atoms with E-state index in [-0.39, 0.29) is 11.5 Å². The average molecular weight is 325 g/mol. The van der Waals surface area contributed by atoms with Crippen molar-refractivity contribution in [2.24, 2.45) is 0 Å². The fourth-order valence-electron chi connectivity index (χ4n) is 3.22. The van der Waals surface area contributed by atoms with Crippen molar-refractivity contribution in [2.75, 3.05) is 24.5 Å². The summed E-state index contributed by atoms with van der Waals surface area (Å²) in [5, 5.41) is 0. The molecule has 2 heterocycles. The van der Waals surface area contributed by atoms with Crippen LogP contribution in [0.4, 0.5) is 5.69 Å². The number of nitrogens with one attached hydrogen (secondary N) is 1. The molecule has 5 heteroatoms. The molecular weight excluding hydrogens is 302 g/mol. The summed E-state index contributed by atoms with van der Waals surface area (Å²) in [6.45, 7) is 7.34. The van der Waals surface area contributed by atoms with Gasteiger partial charge in [0, 0.05) is 49.7 Å². The maximum absolute atomic E-state index is 12.7. The summed E-state index contributed by atoms with van der Waals surface area (Å²) in [6, 6.07) is 9.46. The maximum Gasteiger partial charge on any atom is 0.254 e. The van der Waals surface area contributed by atoms with Gasteiger partial charge in [0.1, 0.15) is 0 Å². The van der Waals surface area contributed by atoms with Gasteiger partial charge in [0.05, 0.1) is 0 Å². The Morgan fingerprint density at radius 2 is 1.88 bits per heavy atom. The van der Waals surface area contributed by atoms with Crippen LogP contribution in [0.3, 0.4) is 0 Å². The molecule has 126 valence electrons. The summed E-state index contributed by atoms with van der Waals surface area (Å²) in [7, 11) is 0. The smallest absolute Gasteiger partial charge is 0.254 e. The molecule has 24 heavy (non-hydrogen) atoms. The minimum absolute atomic E-state index is 0.0398. The first-order valence-electron chi connectivity index (χ1n) is 8.47. The van der Waals surface area contributed by atoms with Crippen LogP contribution in [-0.4, -0.2) is 35.4 Å². The summed E-state index contributed by atoms with van der Waals surface area (Å²) in [5.74, 6) is 0.0398. The van der Waals surface area contributed by atoms with Gasteiger partial charge in [0.2, 0.25) is 5.56 Å². The van der Waals surface area contributed by atoms with E-state index in [1.54, 1.807) is 12.3 Å². The Bertz CT molecular complexity index is 776. The third kappa shape index (κ3) is 3.20. The minimum atomic E-state index is -0.0829. The summed E-state index contributed by atoms with van der Waals surface area (Å²) in [5.41, 5.74) is 3.83. The average Bonchev–Trinajstić information content (AvgIpc) is 2.62. The number of H-pyrrole nitrogens is 1. The van der Waals surface area contributed by atoms with Crippen LogP contribution in [0.2, 0.25) is 0 Å². The standard InChI is InChI=1S/C19H23N3O2/c1-3-21(4-2)17-7-5-14(6-8-17)19(24)22-10-9-15-11-18(23)20-12-16(15)13-22/h5-8,11-12H,3-4,9-10,13H2,1-2H3,(H,20,23). The molecule has 0 atom stereocenters. The third-order valence-electron chi connectivity index (χ3n) is 4.65. The van der Waals surface area contributed by atoms with Crippen LogP contribution in [0.25, 0.3) is 0 Å². The number of rotatable bonds is 4. The lowest BCUT2D eigenvalue weighted by Crippen LogP contribution is -2.36. The van der Waals surface area contributed by atoms with Gasteiger partial charge in [-0.25, -0.2) is 0 Å². The van der Waals surface area contributed by atoms with Crippen molar-refractivity contribution >= 4 is 11.6 Å². The molecule has 3 rings (SSSR count). The molecule has 1 aromatic heterocycles. The number of benzene rings is 1. The molecule has 1 aliphatic rings. The second kappa shape index (κ2) is 6.91. The summed E-state index contributed by atoms with van der Waals surface area (Å²) >= 11 is 0. The first-order chi connectivity index (χ1) is 11.6. The monoisotopic (exact) mass is 325 g/mol. The number of aromatic nitrogens is 1. The predicted octanol–water partition coefficient (Wildman–Crippen LogP) is 2.42. The number of hydrogen-bond acceptors (Lipinski definition) is 3. The Balaban J connectivity index is 1.75. The summed E-state index contributed by atoms with van der Waals surface area (Å²) in [6.07, 6.45) is 2.45. The zero-order valence-electron chi connectivity index (χ0n) is 14.2. The highest BCUT2D eigenvalue weighted by Gasteiger charge is 2.22. The zero-order chi connectivity index (χ0) is 17.1. The number of amides is 1. The number of carbonyl (C=O) groups is 1. The molecule has 1 amide bonds. The van der Waals surface area contributed by atoms with Gasteiger partial charge in [-0.1, -0.05) is 0 Å². The van der Waals surface area contributed by atoms with Crippen molar-refractivity contribution in [2.45, 2.75) is 26.8 Å². The van der Waals surface area contributed by atoms with Gasteiger partial charge < -0.3 is 14.8 Å². The van der Waals surface area contributed by atoms with Gasteiger partial charge in [0.25, 0.3) is 5.91 Å². The van der Waals surface area contributed by atoms with Crippen molar-refractivity contribution < 1.29 is 4.79 Å². The van der Waals surface area contributed by atoms with Crippen LogP contribution in [0, 0.1) is 0 Å². The van der Waals surface area contributed by atoms with E-state index >= 15 is 0 Å². The third-order valence-corrected chi connectivity index (χ3v) is 4.65. The molecule has 0 saturated carbocycles. The van der Waals surface area contributed by atoms with Gasteiger partial charge in [-0.3, -0.25) is 9.59 Å². The number of fused-ring (bicyclic) bond motifs is 1. The van der Waals surface area contributed by atoms with Gasteiger partial charge in [-0.05, 0) is 55.7 Å². The van der Waals surface area contributed by atoms with Crippen LogP contribution in [0.5, 0.6) is 0 Å². The van der Waals surface area contributed by atoms with E-state index in [9.17, 15) is 9.59 Å². The van der Waals surface area contributed by atoms with Gasteiger partial charge in [0.15, 0.2) is 0 Å². The Morgan fingerprint density at radius 3 is 2.54 bits per heavy atom. The fraction of sp³-hybridized carbons (Fsp3) is 0.368. The van der Waals surface area contributed by atoms with Crippen LogP contribution >= 0.6 is 0 Å². The van der Waals surface area contributed by atoms with E-state index in [1.807, 2.05) is 29.2 Å². The zero-order valence-corrected chi connectivity index (χ0v) is 14.2. The number of hydrogen-bond donors (Lipinski definition) is 1. The van der Waals surface area contributed by atoms with Crippen LogP contribution in [0.15, 0.2) is 41.3 Å². The van der Waals surface area contributed by atoms with E-state index in [4.69, 9.17) is 0 Å². The lowest BCUT2D eigenvalue weighted by atomic mass is 10.0. The molecule has 1 aliphatic heterocycles. The van der Waals surface area contributed by atoms with E-state index in [0.717, 1.165) is 36.3 Å². The van der Waals surface area contributed by atoms with Crippen molar-refractivity contribution in [3.63, 3.8) is 0 Å². The molecule has 0 saturated heterocycles. The second-order valence-corrected chi connectivity index (χ2v) is 6.04. The highest BCUT2D eigenvalue weighted by molar-refractivity contribution is 5.94. The fourth-order valence-corrected chi connectivity index (χ4v) is 3.22. The molecule has 0 radical (unpaired) electrons. The number of aromatic amines is 1. The molecular formula is C19H23N3O2. The van der Waals surface area contributed by atoms with Crippen LogP contribution in [0.1, 0.15) is 35.3 Å². The first-order valence-corrected chi connectivity index (χ1v) is 8.47. The SMILES string of the molecule is CCN(CC)c1ccc(C(=O)N2CCc3cc(=O)[nH]cc3C2)cc1. The van der Waals surface area contributed by atoms with Crippen molar-refractivity contribution in [3.05, 3.63) is 63.6 Å². The molecule has 2 aromatic rings. The number of pyridine rings is 1. The molecule has 0 aliphatic carbocycles. The minimum Gasteiger partial charge on any atom is -0.372 e. The lowest BCUT2D eigenvalue weighted by molar-refractivity contribution is 0.0734. The van der Waals surface area contributed by atoms with Crippen LogP contribution in [-0.2, 0) is 13.0 Å². The molecule has 1 aromatic carbocycles. The maximum atomic E-state index is 12.7. The number of anilines is 1. The Labute approximate surface area is 141 Å². The topological polar surface area (TPSA) is 56.4 Å². The van der Waals surface area contributed by atoms with Crippen LogP contribution < -0.4 is 10.5 Å². The number of carbonyl (C=O) groups excluding carboxylic acids is 1. The highest BCUT2D eigenvalue weighted by Crippen LogP contribution is 2.20. The number of nitrogens with zero attached hydrogens (tertiary/aromatic N) is 2. The second-order valence-electron chi connectivity index (χ2n) is 6.04. The van der Waals surface area contributed by atoms with Crippen molar-refractivity contribution in [1.29, 1.82) is 0 Å². The van der Waals surface area contributed by atoms with Gasteiger partial charge in [-0.15, -0.1) is 0 Å². The predicted molar refractivity (Wildman–Crippen MR) is 95.5 cm³/mol. The van der Waals surface area contributed by atoms with Gasteiger partial charge in [-0.2, -0.15) is 0 Å². The Hall–Kier alpha value is -2.56.